The van der Waals surface area contributed by atoms with E-state index in [9.17, 15) is 13.2 Å². The Hall–Kier alpha value is -2.69. The van der Waals surface area contributed by atoms with Gasteiger partial charge in [0.15, 0.2) is 0 Å². The molecular weight excluding hydrogens is 350 g/mol. The molecule has 1 amide bonds. The highest BCUT2D eigenvalue weighted by atomic mass is 32.2. The van der Waals surface area contributed by atoms with E-state index in [-0.39, 0.29) is 29.5 Å². The van der Waals surface area contributed by atoms with Crippen molar-refractivity contribution in [3.63, 3.8) is 0 Å². The SMILES string of the molecule is CCN(CC#N)C(=O)c1cc(S(=O)(=O)NCc2ccccc2)ccc1C. The van der Waals surface area contributed by atoms with Crippen molar-refractivity contribution < 1.29 is 13.2 Å². The van der Waals surface area contributed by atoms with Gasteiger partial charge in [-0.05, 0) is 37.1 Å². The van der Waals surface area contributed by atoms with E-state index < -0.39 is 10.0 Å². The smallest absolute Gasteiger partial charge is 0.255 e. The zero-order valence-corrected chi connectivity index (χ0v) is 15.6. The highest BCUT2D eigenvalue weighted by molar-refractivity contribution is 7.89. The first-order valence-electron chi connectivity index (χ1n) is 8.19. The Morgan fingerprint density at radius 3 is 2.50 bits per heavy atom. The normalized spacial score (nSPS) is 11.0. The number of nitriles is 1. The number of rotatable bonds is 7. The van der Waals surface area contributed by atoms with Crippen LogP contribution in [0.3, 0.4) is 0 Å². The van der Waals surface area contributed by atoms with Crippen molar-refractivity contribution in [1.29, 1.82) is 5.26 Å². The zero-order valence-electron chi connectivity index (χ0n) is 14.8. The van der Waals surface area contributed by atoms with Crippen LogP contribution in [0.1, 0.15) is 28.4 Å². The zero-order chi connectivity index (χ0) is 19.2. The Morgan fingerprint density at radius 1 is 1.19 bits per heavy atom. The summed E-state index contributed by atoms with van der Waals surface area (Å²) in [4.78, 5) is 14.0. The topological polar surface area (TPSA) is 90.3 Å². The van der Waals surface area contributed by atoms with Crippen molar-refractivity contribution in [2.75, 3.05) is 13.1 Å². The summed E-state index contributed by atoms with van der Waals surface area (Å²) in [5, 5.41) is 8.85. The lowest BCUT2D eigenvalue weighted by Gasteiger charge is -2.19. The van der Waals surface area contributed by atoms with Crippen LogP contribution in [0.5, 0.6) is 0 Å². The second-order valence-electron chi connectivity index (χ2n) is 5.76. The number of hydrogen-bond donors (Lipinski definition) is 1. The minimum Gasteiger partial charge on any atom is -0.326 e. The maximum absolute atomic E-state index is 12.6. The molecule has 0 fully saturated rings. The Kier molecular flexibility index (Phi) is 6.50. The first kappa shape index (κ1) is 19.6. The average Bonchev–Trinajstić information content (AvgIpc) is 2.65. The molecule has 136 valence electrons. The second-order valence-corrected chi connectivity index (χ2v) is 7.53. The molecule has 0 aliphatic carbocycles. The molecule has 2 rings (SSSR count). The molecule has 2 aromatic rings. The fourth-order valence-electron chi connectivity index (χ4n) is 2.44. The number of carbonyl (C=O) groups is 1. The first-order chi connectivity index (χ1) is 12.4. The molecule has 26 heavy (non-hydrogen) atoms. The molecule has 0 bridgehead atoms. The number of benzene rings is 2. The van der Waals surface area contributed by atoms with Gasteiger partial charge in [0.1, 0.15) is 6.54 Å². The van der Waals surface area contributed by atoms with E-state index in [1.54, 1.807) is 19.9 Å². The number of sulfonamides is 1. The molecule has 2 aromatic carbocycles. The molecular formula is C19H21N3O3S. The highest BCUT2D eigenvalue weighted by Gasteiger charge is 2.20. The van der Waals surface area contributed by atoms with Crippen molar-refractivity contribution in [3.8, 4) is 6.07 Å². The molecule has 0 heterocycles. The fraction of sp³-hybridized carbons (Fsp3) is 0.263. The number of amides is 1. The van der Waals surface area contributed by atoms with E-state index in [0.717, 1.165) is 5.56 Å². The molecule has 0 aliphatic rings. The summed E-state index contributed by atoms with van der Waals surface area (Å²) in [6, 6.07) is 15.6. The van der Waals surface area contributed by atoms with Gasteiger partial charge in [-0.3, -0.25) is 4.79 Å². The van der Waals surface area contributed by atoms with Gasteiger partial charge in [0.05, 0.1) is 11.0 Å². The number of carbonyl (C=O) groups excluding carboxylic acids is 1. The van der Waals surface area contributed by atoms with Crippen LogP contribution in [0, 0.1) is 18.3 Å². The Balaban J connectivity index is 2.27. The second kappa shape index (κ2) is 8.61. The lowest BCUT2D eigenvalue weighted by Crippen LogP contribution is -2.32. The Labute approximate surface area is 154 Å². The van der Waals surface area contributed by atoms with E-state index in [1.165, 1.54) is 17.0 Å². The number of hydrogen-bond acceptors (Lipinski definition) is 4. The molecule has 0 saturated carbocycles. The van der Waals surface area contributed by atoms with E-state index in [2.05, 4.69) is 4.72 Å². The minimum atomic E-state index is -3.76. The fourth-order valence-corrected chi connectivity index (χ4v) is 3.48. The molecule has 0 saturated heterocycles. The lowest BCUT2D eigenvalue weighted by molar-refractivity contribution is 0.0783. The summed E-state index contributed by atoms with van der Waals surface area (Å²) in [7, 11) is -3.76. The quantitative estimate of drug-likeness (QED) is 0.757. The van der Waals surface area contributed by atoms with Gasteiger partial charge in [0.25, 0.3) is 5.91 Å². The summed E-state index contributed by atoms with van der Waals surface area (Å²) < 4.78 is 27.7. The van der Waals surface area contributed by atoms with E-state index in [0.29, 0.717) is 12.1 Å². The molecule has 7 heteroatoms. The summed E-state index contributed by atoms with van der Waals surface area (Å²) in [6.07, 6.45) is 0. The molecule has 1 N–H and O–H groups in total. The highest BCUT2D eigenvalue weighted by Crippen LogP contribution is 2.18. The minimum absolute atomic E-state index is 0.0235. The van der Waals surface area contributed by atoms with Gasteiger partial charge >= 0.3 is 0 Å². The van der Waals surface area contributed by atoms with Crippen LogP contribution >= 0.6 is 0 Å². The average molecular weight is 371 g/mol. The number of nitrogens with one attached hydrogen (secondary N) is 1. The molecule has 0 radical (unpaired) electrons. The van der Waals surface area contributed by atoms with E-state index in [4.69, 9.17) is 5.26 Å². The van der Waals surface area contributed by atoms with Gasteiger partial charge in [-0.15, -0.1) is 0 Å². The summed E-state index contributed by atoms with van der Waals surface area (Å²) in [5.41, 5.74) is 1.78. The summed E-state index contributed by atoms with van der Waals surface area (Å²) in [5.74, 6) is -0.355. The largest absolute Gasteiger partial charge is 0.326 e. The van der Waals surface area contributed by atoms with Crippen molar-refractivity contribution >= 4 is 15.9 Å². The third kappa shape index (κ3) is 4.69. The standard InChI is InChI=1S/C19H21N3O3S/c1-3-22(12-11-20)19(23)18-13-17(10-9-15(18)2)26(24,25)21-14-16-7-5-4-6-8-16/h4-10,13,21H,3,12,14H2,1-2H3. The van der Waals surface area contributed by atoms with Crippen LogP contribution in [0.4, 0.5) is 0 Å². The van der Waals surface area contributed by atoms with Crippen molar-refractivity contribution in [2.24, 2.45) is 0 Å². The Morgan fingerprint density at radius 2 is 1.88 bits per heavy atom. The number of nitrogens with zero attached hydrogens (tertiary/aromatic N) is 2. The summed E-state index contributed by atoms with van der Waals surface area (Å²) in [6.45, 7) is 4.00. The predicted octanol–water partition coefficient (Wildman–Crippen LogP) is 2.46. The molecule has 0 aliphatic heterocycles. The molecule has 0 aromatic heterocycles. The van der Waals surface area contributed by atoms with E-state index >= 15 is 0 Å². The molecule has 0 atom stereocenters. The Bertz CT molecular complexity index is 919. The molecule has 6 nitrogen and oxygen atoms in total. The van der Waals surface area contributed by atoms with Crippen molar-refractivity contribution in [3.05, 3.63) is 65.2 Å². The molecule has 0 unspecified atom stereocenters. The third-order valence-corrected chi connectivity index (χ3v) is 5.39. The van der Waals surface area contributed by atoms with Crippen LogP contribution in [0.15, 0.2) is 53.4 Å². The van der Waals surface area contributed by atoms with Gasteiger partial charge in [0, 0.05) is 18.7 Å². The van der Waals surface area contributed by atoms with Gasteiger partial charge in [-0.2, -0.15) is 5.26 Å². The molecule has 0 spiro atoms. The van der Waals surface area contributed by atoms with Crippen LogP contribution in [-0.2, 0) is 16.6 Å². The maximum atomic E-state index is 12.6. The lowest BCUT2D eigenvalue weighted by atomic mass is 10.1. The predicted molar refractivity (Wildman–Crippen MR) is 98.8 cm³/mol. The van der Waals surface area contributed by atoms with Gasteiger partial charge < -0.3 is 4.90 Å². The van der Waals surface area contributed by atoms with Crippen LogP contribution in [0.2, 0.25) is 0 Å². The van der Waals surface area contributed by atoms with Crippen LogP contribution in [-0.4, -0.2) is 32.3 Å². The van der Waals surface area contributed by atoms with Gasteiger partial charge in [-0.1, -0.05) is 36.4 Å². The number of aryl methyl sites for hydroxylation is 1. The van der Waals surface area contributed by atoms with E-state index in [1.807, 2.05) is 36.4 Å². The third-order valence-electron chi connectivity index (χ3n) is 3.99. The van der Waals surface area contributed by atoms with Crippen molar-refractivity contribution in [1.82, 2.24) is 9.62 Å². The maximum Gasteiger partial charge on any atom is 0.255 e. The van der Waals surface area contributed by atoms with Gasteiger partial charge in [-0.25, -0.2) is 13.1 Å². The van der Waals surface area contributed by atoms with Gasteiger partial charge in [0.2, 0.25) is 10.0 Å². The summed E-state index contributed by atoms with van der Waals surface area (Å²) >= 11 is 0. The first-order valence-corrected chi connectivity index (χ1v) is 9.68. The van der Waals surface area contributed by atoms with Crippen molar-refractivity contribution in [2.45, 2.75) is 25.3 Å². The monoisotopic (exact) mass is 371 g/mol. The van der Waals surface area contributed by atoms with Crippen LogP contribution in [0.25, 0.3) is 0 Å². The van der Waals surface area contributed by atoms with Crippen LogP contribution < -0.4 is 4.72 Å².